The third-order valence-corrected chi connectivity index (χ3v) is 4.56. The maximum Gasteiger partial charge on any atom is 0.339 e. The highest BCUT2D eigenvalue weighted by Gasteiger charge is 2.32. The fourth-order valence-corrected chi connectivity index (χ4v) is 3.21. The van der Waals surface area contributed by atoms with E-state index in [1.54, 1.807) is 7.11 Å². The number of methoxy groups -OCH3 is 1. The number of rotatable bonds is 7. The number of hydrogen-bond acceptors (Lipinski definition) is 3. The van der Waals surface area contributed by atoms with Crippen molar-refractivity contribution in [3.05, 3.63) is 64.7 Å². The van der Waals surface area contributed by atoms with E-state index in [4.69, 9.17) is 9.47 Å². The molecule has 0 fully saturated rings. The summed E-state index contributed by atoms with van der Waals surface area (Å²) in [5, 5.41) is 0. The number of unbranched alkanes of at least 4 members (excludes halogenated alkanes) is 3. The Kier molecular flexibility index (Phi) is 5.19. The van der Waals surface area contributed by atoms with Crippen molar-refractivity contribution in [3.8, 4) is 5.75 Å². The summed E-state index contributed by atoms with van der Waals surface area (Å²) in [7, 11) is 1.64. The van der Waals surface area contributed by atoms with Crippen LogP contribution in [0.2, 0.25) is 0 Å². The highest BCUT2D eigenvalue weighted by Crippen LogP contribution is 2.37. The summed E-state index contributed by atoms with van der Waals surface area (Å²) in [6.45, 7) is 2.22. The van der Waals surface area contributed by atoms with Crippen LogP contribution in [0, 0.1) is 0 Å². The van der Waals surface area contributed by atoms with Gasteiger partial charge in [0.1, 0.15) is 5.75 Å². The van der Waals surface area contributed by atoms with Gasteiger partial charge in [-0.15, -0.1) is 0 Å². The molecule has 1 aliphatic heterocycles. The zero-order valence-electron chi connectivity index (χ0n) is 14.4. The van der Waals surface area contributed by atoms with E-state index >= 15 is 0 Å². The summed E-state index contributed by atoms with van der Waals surface area (Å²) in [6.07, 6.45) is 5.67. The largest absolute Gasteiger partial charge is 0.497 e. The predicted molar refractivity (Wildman–Crippen MR) is 94.5 cm³/mol. The molecule has 0 spiro atoms. The lowest BCUT2D eigenvalue weighted by Crippen LogP contribution is -2.01. The molecule has 0 saturated carbocycles. The van der Waals surface area contributed by atoms with Gasteiger partial charge in [-0.3, -0.25) is 0 Å². The number of aryl methyl sites for hydroxylation is 1. The van der Waals surface area contributed by atoms with Gasteiger partial charge >= 0.3 is 5.97 Å². The Morgan fingerprint density at radius 2 is 1.96 bits per heavy atom. The fourth-order valence-electron chi connectivity index (χ4n) is 3.21. The van der Waals surface area contributed by atoms with Crippen molar-refractivity contribution >= 4 is 5.97 Å². The zero-order valence-corrected chi connectivity index (χ0v) is 14.4. The number of carbonyl (C=O) groups excluding carboxylic acids is 1. The smallest absolute Gasteiger partial charge is 0.339 e. The summed E-state index contributed by atoms with van der Waals surface area (Å²) < 4.78 is 10.9. The molecule has 2 aromatic carbocycles. The predicted octanol–water partition coefficient (Wildman–Crippen LogP) is 5.08. The van der Waals surface area contributed by atoms with E-state index in [9.17, 15) is 4.79 Å². The summed E-state index contributed by atoms with van der Waals surface area (Å²) in [4.78, 5) is 12.2. The van der Waals surface area contributed by atoms with Crippen LogP contribution in [0.15, 0.2) is 42.5 Å². The second-order valence-corrected chi connectivity index (χ2v) is 6.29. The van der Waals surface area contributed by atoms with Gasteiger partial charge in [0.25, 0.3) is 0 Å². The third kappa shape index (κ3) is 3.45. The standard InChI is InChI=1S/C21H24O3/c1-3-4-5-6-8-15-11-12-18-19(13-15)20(24-21(18)22)16-9-7-10-17(14-16)23-2/h7,9-14,20H,3-6,8H2,1-2H3. The van der Waals surface area contributed by atoms with Crippen LogP contribution in [0.1, 0.15) is 65.8 Å². The maximum absolute atomic E-state index is 12.2. The van der Waals surface area contributed by atoms with E-state index in [0.717, 1.165) is 23.3 Å². The lowest BCUT2D eigenvalue weighted by molar-refractivity contribution is 0.0455. The quantitative estimate of drug-likeness (QED) is 0.526. The van der Waals surface area contributed by atoms with Crippen molar-refractivity contribution < 1.29 is 14.3 Å². The third-order valence-electron chi connectivity index (χ3n) is 4.56. The van der Waals surface area contributed by atoms with Gasteiger partial charge < -0.3 is 9.47 Å². The van der Waals surface area contributed by atoms with Crippen LogP contribution in [0.4, 0.5) is 0 Å². The number of esters is 1. The molecule has 24 heavy (non-hydrogen) atoms. The van der Waals surface area contributed by atoms with Gasteiger partial charge in [-0.1, -0.05) is 50.5 Å². The Hall–Kier alpha value is -2.29. The van der Waals surface area contributed by atoms with Crippen molar-refractivity contribution in [2.75, 3.05) is 7.11 Å². The van der Waals surface area contributed by atoms with Gasteiger partial charge in [0.2, 0.25) is 0 Å². The first-order valence-corrected chi connectivity index (χ1v) is 8.70. The van der Waals surface area contributed by atoms with Gasteiger partial charge in [-0.05, 0) is 36.6 Å². The maximum atomic E-state index is 12.2. The lowest BCUT2D eigenvalue weighted by Gasteiger charge is -2.13. The average Bonchev–Trinajstić information content (AvgIpc) is 2.95. The highest BCUT2D eigenvalue weighted by atomic mass is 16.5. The SMILES string of the molecule is CCCCCCc1ccc2c(c1)C(c1cccc(OC)c1)OC2=O. The molecule has 1 aliphatic rings. The van der Waals surface area contributed by atoms with Crippen LogP contribution in [0.5, 0.6) is 5.75 Å². The zero-order chi connectivity index (χ0) is 16.9. The Balaban J connectivity index is 1.84. The Morgan fingerprint density at radius 1 is 1.08 bits per heavy atom. The minimum atomic E-state index is -0.335. The Labute approximate surface area is 143 Å². The normalized spacial score (nSPS) is 15.9. The van der Waals surface area contributed by atoms with Crippen LogP contribution in [0.3, 0.4) is 0 Å². The van der Waals surface area contributed by atoms with Crippen LogP contribution in [-0.4, -0.2) is 13.1 Å². The van der Waals surface area contributed by atoms with Crippen molar-refractivity contribution in [2.24, 2.45) is 0 Å². The first-order chi connectivity index (χ1) is 11.7. The number of fused-ring (bicyclic) bond motifs is 1. The molecule has 1 heterocycles. The summed E-state index contributed by atoms with van der Waals surface area (Å²) >= 11 is 0. The number of ether oxygens (including phenoxy) is 2. The molecule has 0 bridgehead atoms. The van der Waals surface area contributed by atoms with Gasteiger partial charge in [-0.2, -0.15) is 0 Å². The van der Waals surface area contributed by atoms with Crippen molar-refractivity contribution in [1.29, 1.82) is 0 Å². The van der Waals surface area contributed by atoms with Crippen LogP contribution in [-0.2, 0) is 11.2 Å². The fraction of sp³-hybridized carbons (Fsp3) is 0.381. The molecule has 0 saturated heterocycles. The molecule has 3 rings (SSSR count). The Morgan fingerprint density at radius 3 is 2.75 bits per heavy atom. The van der Waals surface area contributed by atoms with Gasteiger partial charge in [0.15, 0.2) is 6.10 Å². The molecule has 0 aliphatic carbocycles. The van der Waals surface area contributed by atoms with Crippen molar-refractivity contribution in [3.63, 3.8) is 0 Å². The van der Waals surface area contributed by atoms with Crippen LogP contribution >= 0.6 is 0 Å². The minimum absolute atomic E-state index is 0.240. The van der Waals surface area contributed by atoms with E-state index in [0.29, 0.717) is 5.56 Å². The van der Waals surface area contributed by atoms with Crippen molar-refractivity contribution in [1.82, 2.24) is 0 Å². The van der Waals surface area contributed by atoms with E-state index in [1.807, 2.05) is 30.3 Å². The number of cyclic esters (lactones) is 1. The van der Waals surface area contributed by atoms with Crippen molar-refractivity contribution in [2.45, 2.75) is 45.1 Å². The number of carbonyl (C=O) groups is 1. The minimum Gasteiger partial charge on any atom is -0.497 e. The molecular weight excluding hydrogens is 300 g/mol. The second kappa shape index (κ2) is 7.52. The molecule has 0 N–H and O–H groups in total. The monoisotopic (exact) mass is 324 g/mol. The van der Waals surface area contributed by atoms with Gasteiger partial charge in [0.05, 0.1) is 12.7 Å². The molecular formula is C21H24O3. The highest BCUT2D eigenvalue weighted by molar-refractivity contribution is 5.94. The molecule has 0 aromatic heterocycles. The Bertz CT molecular complexity index is 721. The molecule has 1 unspecified atom stereocenters. The van der Waals surface area contributed by atoms with E-state index in [-0.39, 0.29) is 12.1 Å². The summed E-state index contributed by atoms with van der Waals surface area (Å²) in [6, 6.07) is 13.8. The number of benzene rings is 2. The average molecular weight is 324 g/mol. The molecule has 2 aromatic rings. The molecule has 126 valence electrons. The topological polar surface area (TPSA) is 35.5 Å². The molecule has 0 amide bonds. The number of hydrogen-bond donors (Lipinski definition) is 0. The summed E-state index contributed by atoms with van der Waals surface area (Å²) in [5.41, 5.74) is 3.88. The van der Waals surface area contributed by atoms with Gasteiger partial charge in [-0.25, -0.2) is 4.79 Å². The molecule has 0 radical (unpaired) electrons. The second-order valence-electron chi connectivity index (χ2n) is 6.29. The first kappa shape index (κ1) is 16.6. The van der Waals surface area contributed by atoms with E-state index in [2.05, 4.69) is 19.1 Å². The van der Waals surface area contributed by atoms with Crippen LogP contribution in [0.25, 0.3) is 0 Å². The molecule has 3 nitrogen and oxygen atoms in total. The molecule has 1 atom stereocenters. The van der Waals surface area contributed by atoms with Gasteiger partial charge in [0, 0.05) is 11.1 Å². The first-order valence-electron chi connectivity index (χ1n) is 8.70. The molecule has 3 heteroatoms. The van der Waals surface area contributed by atoms with E-state index < -0.39 is 0 Å². The van der Waals surface area contributed by atoms with E-state index in [1.165, 1.54) is 31.2 Å². The van der Waals surface area contributed by atoms with Crippen LogP contribution < -0.4 is 4.74 Å². The summed E-state index contributed by atoms with van der Waals surface area (Å²) in [5.74, 6) is 0.531. The lowest BCUT2D eigenvalue weighted by atomic mass is 9.95.